The van der Waals surface area contributed by atoms with Crippen LogP contribution < -0.4 is 4.72 Å². The molecule has 0 aliphatic heterocycles. The number of methoxy groups -OCH3 is 1. The van der Waals surface area contributed by atoms with Crippen LogP contribution in [0.25, 0.3) is 0 Å². The van der Waals surface area contributed by atoms with E-state index in [1.54, 1.807) is 26.0 Å². The molecule has 0 heterocycles. The summed E-state index contributed by atoms with van der Waals surface area (Å²) in [6, 6.07) is 4.18. The molecule has 0 saturated heterocycles. The average Bonchev–Trinajstić information content (AvgIpc) is 2.34. The molecule has 1 aromatic carbocycles. The summed E-state index contributed by atoms with van der Waals surface area (Å²) in [5.41, 5.74) is 1.63. The van der Waals surface area contributed by atoms with Gasteiger partial charge in [-0.25, -0.2) is 8.42 Å². The number of nitrogens with one attached hydrogen (secondary N) is 1. The normalized spacial score (nSPS) is 13.1. The molecule has 0 saturated carbocycles. The smallest absolute Gasteiger partial charge is 0.323 e. The Bertz CT molecular complexity index is 566. The molecule has 106 valence electrons. The summed E-state index contributed by atoms with van der Waals surface area (Å²) in [5, 5.41) is 0. The molecule has 1 unspecified atom stereocenters. The third-order valence-corrected chi connectivity index (χ3v) is 4.44. The topological polar surface area (TPSA) is 72.5 Å². The molecule has 6 heteroatoms. The van der Waals surface area contributed by atoms with Crippen LogP contribution in [0.5, 0.6) is 0 Å². The first kappa shape index (κ1) is 15.7. The second-order valence-corrected chi connectivity index (χ2v) is 6.06. The van der Waals surface area contributed by atoms with Gasteiger partial charge >= 0.3 is 5.97 Å². The maximum Gasteiger partial charge on any atom is 0.323 e. The number of aryl methyl sites for hydroxylation is 2. The zero-order chi connectivity index (χ0) is 14.6. The van der Waals surface area contributed by atoms with Crippen LogP contribution in [0.2, 0.25) is 0 Å². The van der Waals surface area contributed by atoms with E-state index in [0.717, 1.165) is 5.56 Å². The minimum atomic E-state index is -3.72. The predicted molar refractivity (Wildman–Crippen MR) is 72.3 cm³/mol. The van der Waals surface area contributed by atoms with Crippen LogP contribution in [-0.4, -0.2) is 27.5 Å². The highest BCUT2D eigenvalue weighted by atomic mass is 32.2. The van der Waals surface area contributed by atoms with Gasteiger partial charge in [0.25, 0.3) is 0 Å². The van der Waals surface area contributed by atoms with Crippen LogP contribution in [0.4, 0.5) is 0 Å². The fraction of sp³-hybridized carbons (Fsp3) is 0.462. The third-order valence-electron chi connectivity index (χ3n) is 2.81. The largest absolute Gasteiger partial charge is 0.468 e. The highest BCUT2D eigenvalue weighted by Crippen LogP contribution is 2.17. The van der Waals surface area contributed by atoms with Crippen molar-refractivity contribution in [1.29, 1.82) is 0 Å². The quantitative estimate of drug-likeness (QED) is 0.833. The number of sulfonamides is 1. The molecule has 0 bridgehead atoms. The van der Waals surface area contributed by atoms with Crippen molar-refractivity contribution >= 4 is 16.0 Å². The van der Waals surface area contributed by atoms with Gasteiger partial charge in [0.2, 0.25) is 10.0 Å². The molecule has 1 rings (SSSR count). The molecule has 0 aliphatic carbocycles. The standard InChI is InChI=1S/C13H19NO4S/c1-5-11(13(15)18-4)14-19(16,17)12-7-6-9(2)8-10(12)3/h6-8,11,14H,5H2,1-4H3. The van der Waals surface area contributed by atoms with Crippen LogP contribution in [-0.2, 0) is 19.6 Å². The van der Waals surface area contributed by atoms with E-state index >= 15 is 0 Å². The Hall–Kier alpha value is -1.40. The number of esters is 1. The van der Waals surface area contributed by atoms with Crippen molar-refractivity contribution in [3.8, 4) is 0 Å². The molecule has 5 nitrogen and oxygen atoms in total. The first-order valence-electron chi connectivity index (χ1n) is 5.99. The SMILES string of the molecule is CCC(NS(=O)(=O)c1ccc(C)cc1C)C(=O)OC. The van der Waals surface area contributed by atoms with Crippen LogP contribution in [0.15, 0.2) is 23.1 Å². The number of hydrogen-bond donors (Lipinski definition) is 1. The van der Waals surface area contributed by atoms with Gasteiger partial charge in [-0.2, -0.15) is 4.72 Å². The van der Waals surface area contributed by atoms with Gasteiger partial charge in [-0.15, -0.1) is 0 Å². The van der Waals surface area contributed by atoms with E-state index in [1.165, 1.54) is 13.2 Å². The van der Waals surface area contributed by atoms with E-state index in [2.05, 4.69) is 9.46 Å². The molecule has 0 amide bonds. The molecule has 0 fully saturated rings. The van der Waals surface area contributed by atoms with E-state index in [4.69, 9.17) is 0 Å². The molecule has 0 radical (unpaired) electrons. The highest BCUT2D eigenvalue weighted by Gasteiger charge is 2.25. The van der Waals surface area contributed by atoms with Crippen molar-refractivity contribution in [2.24, 2.45) is 0 Å². The molecule has 1 aromatic rings. The van der Waals surface area contributed by atoms with E-state index in [9.17, 15) is 13.2 Å². The fourth-order valence-electron chi connectivity index (χ4n) is 1.79. The fourth-order valence-corrected chi connectivity index (χ4v) is 3.29. The number of benzene rings is 1. The lowest BCUT2D eigenvalue weighted by molar-refractivity contribution is -0.142. The van der Waals surface area contributed by atoms with Crippen LogP contribution >= 0.6 is 0 Å². The second-order valence-electron chi connectivity index (χ2n) is 4.37. The Labute approximate surface area is 114 Å². The number of rotatable bonds is 5. The lowest BCUT2D eigenvalue weighted by Crippen LogP contribution is -2.41. The molecular formula is C13H19NO4S. The molecule has 0 aliphatic rings. The van der Waals surface area contributed by atoms with Gasteiger partial charge in [0, 0.05) is 0 Å². The second kappa shape index (κ2) is 6.16. The monoisotopic (exact) mass is 285 g/mol. The number of carbonyl (C=O) groups is 1. The summed E-state index contributed by atoms with van der Waals surface area (Å²) < 4.78 is 31.4. The van der Waals surface area contributed by atoms with E-state index in [0.29, 0.717) is 12.0 Å². The maximum atomic E-state index is 12.2. The number of carbonyl (C=O) groups excluding carboxylic acids is 1. The average molecular weight is 285 g/mol. The van der Waals surface area contributed by atoms with Gasteiger partial charge in [-0.1, -0.05) is 24.6 Å². The van der Waals surface area contributed by atoms with E-state index < -0.39 is 22.0 Å². The summed E-state index contributed by atoms with van der Waals surface area (Å²) in [7, 11) is -2.49. The van der Waals surface area contributed by atoms with Gasteiger partial charge in [0.05, 0.1) is 12.0 Å². The summed E-state index contributed by atoms with van der Waals surface area (Å²) >= 11 is 0. The van der Waals surface area contributed by atoms with Crippen molar-refractivity contribution in [1.82, 2.24) is 4.72 Å². The zero-order valence-corrected chi connectivity index (χ0v) is 12.4. The first-order chi connectivity index (χ1) is 8.81. The molecule has 0 spiro atoms. The zero-order valence-electron chi connectivity index (χ0n) is 11.6. The van der Waals surface area contributed by atoms with Gasteiger partial charge in [0.1, 0.15) is 6.04 Å². The minimum absolute atomic E-state index is 0.181. The molecular weight excluding hydrogens is 266 g/mol. The van der Waals surface area contributed by atoms with Gasteiger partial charge in [-0.05, 0) is 31.9 Å². The van der Waals surface area contributed by atoms with Crippen molar-refractivity contribution in [3.05, 3.63) is 29.3 Å². The van der Waals surface area contributed by atoms with Crippen molar-refractivity contribution in [2.75, 3.05) is 7.11 Å². The Morgan fingerprint density at radius 2 is 2.00 bits per heavy atom. The predicted octanol–water partition coefficient (Wildman–Crippen LogP) is 1.53. The molecule has 1 N–H and O–H groups in total. The summed E-state index contributed by atoms with van der Waals surface area (Å²) in [6.07, 6.45) is 0.330. The van der Waals surface area contributed by atoms with Crippen molar-refractivity contribution in [3.63, 3.8) is 0 Å². The van der Waals surface area contributed by atoms with Gasteiger partial charge in [0.15, 0.2) is 0 Å². The number of ether oxygens (including phenoxy) is 1. The third kappa shape index (κ3) is 3.78. The first-order valence-corrected chi connectivity index (χ1v) is 7.47. The van der Waals surface area contributed by atoms with Crippen LogP contribution in [0.3, 0.4) is 0 Å². The summed E-state index contributed by atoms with van der Waals surface area (Å²) in [4.78, 5) is 11.6. The molecule has 0 aromatic heterocycles. The highest BCUT2D eigenvalue weighted by molar-refractivity contribution is 7.89. The van der Waals surface area contributed by atoms with Gasteiger partial charge < -0.3 is 4.74 Å². The Morgan fingerprint density at radius 1 is 1.37 bits per heavy atom. The molecule has 1 atom stereocenters. The van der Waals surface area contributed by atoms with Crippen LogP contribution in [0, 0.1) is 13.8 Å². The van der Waals surface area contributed by atoms with Crippen LogP contribution in [0.1, 0.15) is 24.5 Å². The van der Waals surface area contributed by atoms with E-state index in [1.807, 2.05) is 6.92 Å². The lowest BCUT2D eigenvalue weighted by atomic mass is 10.2. The molecule has 19 heavy (non-hydrogen) atoms. The summed E-state index contributed by atoms with van der Waals surface area (Å²) in [5.74, 6) is -0.587. The number of hydrogen-bond acceptors (Lipinski definition) is 4. The van der Waals surface area contributed by atoms with E-state index in [-0.39, 0.29) is 4.90 Å². The van der Waals surface area contributed by atoms with Crippen molar-refractivity contribution in [2.45, 2.75) is 38.1 Å². The maximum absolute atomic E-state index is 12.2. The Balaban J connectivity index is 3.07. The summed E-state index contributed by atoms with van der Waals surface area (Å²) in [6.45, 7) is 5.33. The minimum Gasteiger partial charge on any atom is -0.468 e. The Kier molecular flexibility index (Phi) is 5.08. The lowest BCUT2D eigenvalue weighted by Gasteiger charge is -2.16. The Morgan fingerprint density at radius 3 is 2.47 bits per heavy atom. The van der Waals surface area contributed by atoms with Crippen molar-refractivity contribution < 1.29 is 17.9 Å². The van der Waals surface area contributed by atoms with Gasteiger partial charge in [-0.3, -0.25) is 4.79 Å².